The van der Waals surface area contributed by atoms with Gasteiger partial charge in [-0.3, -0.25) is 9.59 Å². The van der Waals surface area contributed by atoms with Gasteiger partial charge >= 0.3 is 0 Å². The smallest absolute Gasteiger partial charge is 0.243 e. The lowest BCUT2D eigenvalue weighted by Gasteiger charge is -2.31. The molecule has 0 saturated heterocycles. The fourth-order valence-electron chi connectivity index (χ4n) is 3.09. The first kappa shape index (κ1) is 21.6. The summed E-state index contributed by atoms with van der Waals surface area (Å²) >= 11 is 0. The Balaban J connectivity index is 2.28. The fourth-order valence-corrected chi connectivity index (χ4v) is 3.09. The molecule has 28 heavy (non-hydrogen) atoms. The molecule has 0 aliphatic heterocycles. The van der Waals surface area contributed by atoms with Crippen molar-refractivity contribution in [2.45, 2.75) is 38.8 Å². The summed E-state index contributed by atoms with van der Waals surface area (Å²) in [4.78, 5) is 27.7. The second kappa shape index (κ2) is 11.9. The molecule has 0 aromatic heterocycles. The van der Waals surface area contributed by atoms with Gasteiger partial charge in [-0.25, -0.2) is 0 Å². The molecule has 0 spiro atoms. The van der Waals surface area contributed by atoms with E-state index in [1.807, 2.05) is 67.6 Å². The van der Waals surface area contributed by atoms with Crippen LogP contribution in [0.4, 0.5) is 0 Å². The molecule has 150 valence electrons. The van der Waals surface area contributed by atoms with Gasteiger partial charge in [0.2, 0.25) is 11.8 Å². The van der Waals surface area contributed by atoms with E-state index in [-0.39, 0.29) is 11.8 Å². The highest BCUT2D eigenvalue weighted by Gasteiger charge is 2.29. The zero-order valence-electron chi connectivity index (χ0n) is 16.8. The van der Waals surface area contributed by atoms with Crippen molar-refractivity contribution in [2.75, 3.05) is 20.3 Å². The summed E-state index contributed by atoms with van der Waals surface area (Å²) in [5.41, 5.74) is 2.03. The molecule has 0 radical (unpaired) electrons. The van der Waals surface area contributed by atoms with E-state index in [1.165, 1.54) is 0 Å². The maximum atomic E-state index is 13.0. The van der Waals surface area contributed by atoms with Gasteiger partial charge in [0.15, 0.2) is 0 Å². The van der Waals surface area contributed by atoms with Gasteiger partial charge < -0.3 is 15.0 Å². The van der Waals surface area contributed by atoms with Crippen LogP contribution in [-0.4, -0.2) is 43.0 Å². The summed E-state index contributed by atoms with van der Waals surface area (Å²) in [6, 6.07) is 19.0. The highest BCUT2D eigenvalue weighted by Crippen LogP contribution is 2.16. The lowest BCUT2D eigenvalue weighted by molar-refractivity contribution is -0.141. The van der Waals surface area contributed by atoms with Crippen LogP contribution in [0.25, 0.3) is 0 Å². The van der Waals surface area contributed by atoms with Crippen molar-refractivity contribution in [3.8, 4) is 0 Å². The summed E-state index contributed by atoms with van der Waals surface area (Å²) in [7, 11) is 1.60. The van der Waals surface area contributed by atoms with Crippen LogP contribution in [0.2, 0.25) is 0 Å². The monoisotopic (exact) mass is 382 g/mol. The topological polar surface area (TPSA) is 58.6 Å². The lowest BCUT2D eigenvalue weighted by atomic mass is 10.0. The van der Waals surface area contributed by atoms with E-state index in [4.69, 9.17) is 4.74 Å². The van der Waals surface area contributed by atoms with Crippen LogP contribution in [-0.2, 0) is 27.3 Å². The predicted octanol–water partition coefficient (Wildman–Crippen LogP) is 3.19. The van der Waals surface area contributed by atoms with Crippen molar-refractivity contribution < 1.29 is 14.3 Å². The number of hydrogen-bond donors (Lipinski definition) is 1. The van der Waals surface area contributed by atoms with E-state index in [9.17, 15) is 9.59 Å². The van der Waals surface area contributed by atoms with Crippen molar-refractivity contribution >= 4 is 11.8 Å². The number of nitrogens with one attached hydrogen (secondary N) is 1. The van der Waals surface area contributed by atoms with Crippen LogP contribution < -0.4 is 5.32 Å². The third-order valence-electron chi connectivity index (χ3n) is 4.54. The molecular formula is C23H30N2O3. The van der Waals surface area contributed by atoms with E-state index in [2.05, 4.69) is 5.32 Å². The van der Waals surface area contributed by atoms with Gasteiger partial charge in [-0.15, -0.1) is 0 Å². The number of carbonyl (C=O) groups excluding carboxylic acids is 2. The lowest BCUT2D eigenvalue weighted by Crippen LogP contribution is -2.51. The van der Waals surface area contributed by atoms with Crippen molar-refractivity contribution in [2.24, 2.45) is 0 Å². The second-order valence-electron chi connectivity index (χ2n) is 6.75. The van der Waals surface area contributed by atoms with Crippen LogP contribution in [0.5, 0.6) is 0 Å². The molecule has 0 bridgehead atoms. The van der Waals surface area contributed by atoms with Crippen molar-refractivity contribution in [1.29, 1.82) is 0 Å². The first-order chi connectivity index (χ1) is 13.7. The molecule has 1 atom stereocenters. The minimum atomic E-state index is -0.571. The van der Waals surface area contributed by atoms with Crippen LogP contribution in [0.1, 0.15) is 30.9 Å². The molecule has 5 nitrogen and oxygen atoms in total. The first-order valence-electron chi connectivity index (χ1n) is 9.79. The van der Waals surface area contributed by atoms with Gasteiger partial charge in [-0.05, 0) is 17.5 Å². The Morgan fingerprint density at radius 2 is 1.61 bits per heavy atom. The molecule has 2 aromatic carbocycles. The molecule has 2 rings (SSSR count). The Labute approximate surface area is 167 Å². The van der Waals surface area contributed by atoms with Gasteiger partial charge in [0.25, 0.3) is 0 Å². The van der Waals surface area contributed by atoms with Crippen LogP contribution in [0, 0.1) is 0 Å². The molecular weight excluding hydrogens is 352 g/mol. The Morgan fingerprint density at radius 3 is 2.18 bits per heavy atom. The van der Waals surface area contributed by atoms with Crippen molar-refractivity contribution in [1.82, 2.24) is 10.2 Å². The Kier molecular flexibility index (Phi) is 9.22. The quantitative estimate of drug-likeness (QED) is 0.607. The number of amides is 2. The Morgan fingerprint density at radius 1 is 1.00 bits per heavy atom. The molecule has 0 aliphatic carbocycles. The highest BCUT2D eigenvalue weighted by molar-refractivity contribution is 5.88. The van der Waals surface area contributed by atoms with Gasteiger partial charge in [-0.2, -0.15) is 0 Å². The maximum absolute atomic E-state index is 13.0. The number of hydrogen-bond acceptors (Lipinski definition) is 3. The van der Waals surface area contributed by atoms with Crippen molar-refractivity contribution in [3.05, 3.63) is 71.8 Å². The second-order valence-corrected chi connectivity index (χ2v) is 6.75. The number of benzene rings is 2. The maximum Gasteiger partial charge on any atom is 0.243 e. The van der Waals surface area contributed by atoms with Gasteiger partial charge in [-0.1, -0.05) is 67.6 Å². The third kappa shape index (κ3) is 6.82. The zero-order chi connectivity index (χ0) is 20.2. The van der Waals surface area contributed by atoms with Crippen LogP contribution in [0.3, 0.4) is 0 Å². The van der Waals surface area contributed by atoms with E-state index in [1.54, 1.807) is 12.0 Å². The largest absolute Gasteiger partial charge is 0.383 e. The minimum Gasteiger partial charge on any atom is -0.383 e. The minimum absolute atomic E-state index is 0.00539. The van der Waals surface area contributed by atoms with Gasteiger partial charge in [0, 0.05) is 33.0 Å². The molecule has 0 saturated carbocycles. The number of rotatable bonds is 11. The number of carbonyl (C=O) groups is 2. The predicted molar refractivity (Wildman–Crippen MR) is 111 cm³/mol. The molecule has 2 amide bonds. The SMILES string of the molecule is CCCC(=O)N(Cc1ccccc1)C(Cc1ccccc1)C(=O)NCCOC. The molecule has 0 heterocycles. The summed E-state index contributed by atoms with van der Waals surface area (Å²) in [5.74, 6) is -0.157. The summed E-state index contributed by atoms with van der Waals surface area (Å²) in [5, 5.41) is 2.91. The number of ether oxygens (including phenoxy) is 1. The Hall–Kier alpha value is -2.66. The molecule has 1 N–H and O–H groups in total. The molecule has 0 fully saturated rings. The van der Waals surface area contributed by atoms with Crippen LogP contribution >= 0.6 is 0 Å². The fraction of sp³-hybridized carbons (Fsp3) is 0.391. The summed E-state index contributed by atoms with van der Waals surface area (Å²) in [6.45, 7) is 3.24. The highest BCUT2D eigenvalue weighted by atomic mass is 16.5. The summed E-state index contributed by atoms with van der Waals surface area (Å²) < 4.78 is 5.04. The first-order valence-corrected chi connectivity index (χ1v) is 9.79. The van der Waals surface area contributed by atoms with Crippen molar-refractivity contribution in [3.63, 3.8) is 0 Å². The Bertz CT molecular complexity index is 719. The molecule has 2 aromatic rings. The van der Waals surface area contributed by atoms with Crippen LogP contribution in [0.15, 0.2) is 60.7 Å². The zero-order valence-corrected chi connectivity index (χ0v) is 16.8. The van der Waals surface area contributed by atoms with Gasteiger partial charge in [0.1, 0.15) is 6.04 Å². The van der Waals surface area contributed by atoms with Gasteiger partial charge in [0.05, 0.1) is 6.61 Å². The average Bonchev–Trinajstić information content (AvgIpc) is 2.72. The van der Waals surface area contributed by atoms with E-state index in [0.29, 0.717) is 32.5 Å². The molecule has 0 aliphatic rings. The number of methoxy groups -OCH3 is 1. The summed E-state index contributed by atoms with van der Waals surface area (Å²) in [6.07, 6.45) is 1.64. The third-order valence-corrected chi connectivity index (χ3v) is 4.54. The molecule has 5 heteroatoms. The van der Waals surface area contributed by atoms with E-state index < -0.39 is 6.04 Å². The normalized spacial score (nSPS) is 11.6. The number of nitrogens with zero attached hydrogens (tertiary/aromatic N) is 1. The van der Waals surface area contributed by atoms with E-state index >= 15 is 0 Å². The average molecular weight is 383 g/mol. The van der Waals surface area contributed by atoms with E-state index in [0.717, 1.165) is 17.5 Å². The molecule has 1 unspecified atom stereocenters. The standard InChI is InChI=1S/C23H30N2O3/c1-3-10-22(26)25(18-20-13-8-5-9-14-20)21(23(27)24-15-16-28-2)17-19-11-6-4-7-12-19/h4-9,11-14,21H,3,10,15-18H2,1-2H3,(H,24,27).